The van der Waals surface area contributed by atoms with Gasteiger partial charge in [-0.2, -0.15) is 0 Å². The van der Waals surface area contributed by atoms with E-state index in [2.05, 4.69) is 9.97 Å². The highest BCUT2D eigenvalue weighted by molar-refractivity contribution is 5.80. The third kappa shape index (κ3) is 2.68. The number of hydrogen-bond donors (Lipinski definition) is 0. The van der Waals surface area contributed by atoms with Gasteiger partial charge in [-0.25, -0.2) is 19.6 Å². The molecule has 6 nitrogen and oxygen atoms in total. The third-order valence-electron chi connectivity index (χ3n) is 4.43. The number of rotatable bonds is 2. The molecule has 5 rings (SSSR count). The van der Waals surface area contributed by atoms with Crippen LogP contribution >= 0.6 is 0 Å². The SMILES string of the molecule is O=c1oc(-c2cccc(-c3nc4ccccc4c(=O)o3)c2)nc2ccccc12. The largest absolute Gasteiger partial charge is 0.403 e. The summed E-state index contributed by atoms with van der Waals surface area (Å²) >= 11 is 0. The number of aromatic nitrogens is 2. The van der Waals surface area contributed by atoms with Crippen LogP contribution in [-0.4, -0.2) is 9.97 Å². The summed E-state index contributed by atoms with van der Waals surface area (Å²) in [5.41, 5.74) is 1.35. The lowest BCUT2D eigenvalue weighted by atomic mass is 10.1. The molecular weight excluding hydrogens is 356 g/mol. The van der Waals surface area contributed by atoms with Gasteiger partial charge in [0.25, 0.3) is 0 Å². The molecule has 0 aliphatic carbocycles. The number of nitrogens with zero attached hydrogens (tertiary/aromatic N) is 2. The van der Waals surface area contributed by atoms with Crippen LogP contribution in [0, 0.1) is 0 Å². The fourth-order valence-electron chi connectivity index (χ4n) is 3.07. The summed E-state index contributed by atoms with van der Waals surface area (Å²) in [6, 6.07) is 21.0. The molecule has 0 atom stereocenters. The summed E-state index contributed by atoms with van der Waals surface area (Å²) in [5.74, 6) is 0.377. The average Bonchev–Trinajstić information content (AvgIpc) is 2.74. The Hall–Kier alpha value is -4.06. The van der Waals surface area contributed by atoms with Crippen LogP contribution in [0.5, 0.6) is 0 Å². The molecule has 28 heavy (non-hydrogen) atoms. The van der Waals surface area contributed by atoms with Crippen LogP contribution in [0.4, 0.5) is 0 Å². The standard InChI is InChI=1S/C22H12N2O4/c25-21-15-8-1-3-10-17(15)23-19(27-21)13-6-5-7-14(12-13)20-24-18-11-4-2-9-16(18)22(26)28-20/h1-12H. The second-order valence-corrected chi connectivity index (χ2v) is 6.23. The molecule has 0 saturated carbocycles. The van der Waals surface area contributed by atoms with Crippen LogP contribution < -0.4 is 11.3 Å². The molecule has 2 aromatic heterocycles. The van der Waals surface area contributed by atoms with E-state index in [1.807, 2.05) is 12.1 Å². The molecule has 0 unspecified atom stereocenters. The van der Waals surface area contributed by atoms with Crippen molar-refractivity contribution in [3.63, 3.8) is 0 Å². The van der Waals surface area contributed by atoms with Crippen molar-refractivity contribution in [2.75, 3.05) is 0 Å². The van der Waals surface area contributed by atoms with E-state index in [0.717, 1.165) is 0 Å². The topological polar surface area (TPSA) is 86.2 Å². The monoisotopic (exact) mass is 368 g/mol. The molecule has 0 saturated heterocycles. The van der Waals surface area contributed by atoms with Gasteiger partial charge in [0.2, 0.25) is 11.8 Å². The van der Waals surface area contributed by atoms with Gasteiger partial charge >= 0.3 is 11.3 Å². The third-order valence-corrected chi connectivity index (χ3v) is 4.43. The maximum atomic E-state index is 12.2. The minimum atomic E-state index is -0.457. The molecule has 6 heteroatoms. The normalized spacial score (nSPS) is 11.1. The molecule has 3 aromatic carbocycles. The Morgan fingerprint density at radius 1 is 0.571 bits per heavy atom. The first-order valence-corrected chi connectivity index (χ1v) is 8.60. The van der Waals surface area contributed by atoms with Crippen LogP contribution in [0.3, 0.4) is 0 Å². The molecule has 5 aromatic rings. The summed E-state index contributed by atoms with van der Waals surface area (Å²) in [6.45, 7) is 0. The maximum Gasteiger partial charge on any atom is 0.347 e. The van der Waals surface area contributed by atoms with E-state index in [1.165, 1.54) is 0 Å². The first kappa shape index (κ1) is 16.1. The van der Waals surface area contributed by atoms with Gasteiger partial charge in [0.05, 0.1) is 21.8 Å². The van der Waals surface area contributed by atoms with Gasteiger partial charge in [-0.05, 0) is 42.5 Å². The van der Waals surface area contributed by atoms with Crippen LogP contribution in [0.2, 0.25) is 0 Å². The number of para-hydroxylation sites is 2. The molecule has 0 bridgehead atoms. The van der Waals surface area contributed by atoms with Gasteiger partial charge in [-0.3, -0.25) is 0 Å². The van der Waals surface area contributed by atoms with Gasteiger partial charge in [0.15, 0.2) is 0 Å². The zero-order chi connectivity index (χ0) is 19.1. The summed E-state index contributed by atoms with van der Waals surface area (Å²) in [6.07, 6.45) is 0. The quantitative estimate of drug-likeness (QED) is 0.468. The number of fused-ring (bicyclic) bond motifs is 2. The van der Waals surface area contributed by atoms with Crippen molar-refractivity contribution >= 4 is 21.8 Å². The summed E-state index contributed by atoms with van der Waals surface area (Å²) in [7, 11) is 0. The van der Waals surface area contributed by atoms with Crippen LogP contribution in [0.1, 0.15) is 0 Å². The summed E-state index contributed by atoms with van der Waals surface area (Å²) in [4.78, 5) is 33.3. The second kappa shape index (κ2) is 6.28. The van der Waals surface area contributed by atoms with Crippen LogP contribution in [0.15, 0.2) is 91.2 Å². The second-order valence-electron chi connectivity index (χ2n) is 6.23. The van der Waals surface area contributed by atoms with Gasteiger partial charge in [-0.1, -0.05) is 30.3 Å². The Balaban J connectivity index is 1.67. The Morgan fingerprint density at radius 3 is 1.54 bits per heavy atom. The number of benzene rings is 3. The first-order valence-electron chi connectivity index (χ1n) is 8.60. The Labute approximate surface area is 157 Å². The van der Waals surface area contributed by atoms with E-state index in [1.54, 1.807) is 60.7 Å². The minimum absolute atomic E-state index is 0.189. The number of hydrogen-bond acceptors (Lipinski definition) is 6. The van der Waals surface area contributed by atoms with E-state index in [4.69, 9.17) is 8.83 Å². The van der Waals surface area contributed by atoms with Crippen LogP contribution in [0.25, 0.3) is 44.7 Å². The molecule has 0 radical (unpaired) electrons. The van der Waals surface area contributed by atoms with Gasteiger partial charge in [0.1, 0.15) is 0 Å². The molecule has 134 valence electrons. The minimum Gasteiger partial charge on any atom is -0.403 e. The zero-order valence-corrected chi connectivity index (χ0v) is 14.5. The first-order chi connectivity index (χ1) is 13.7. The Bertz CT molecular complexity index is 1360. The fourth-order valence-corrected chi connectivity index (χ4v) is 3.07. The summed E-state index contributed by atoms with van der Waals surface area (Å²) < 4.78 is 10.8. The molecule has 0 N–H and O–H groups in total. The van der Waals surface area contributed by atoms with E-state index < -0.39 is 11.3 Å². The van der Waals surface area contributed by atoms with Crippen molar-refractivity contribution in [3.8, 4) is 22.9 Å². The fraction of sp³-hybridized carbons (Fsp3) is 0. The predicted octanol–water partition coefficient (Wildman–Crippen LogP) is 4.02. The maximum absolute atomic E-state index is 12.2. The van der Waals surface area contributed by atoms with Crippen molar-refractivity contribution in [2.24, 2.45) is 0 Å². The van der Waals surface area contributed by atoms with Crippen molar-refractivity contribution in [1.29, 1.82) is 0 Å². The molecular formula is C22H12N2O4. The van der Waals surface area contributed by atoms with Gasteiger partial charge < -0.3 is 8.83 Å². The Morgan fingerprint density at radius 2 is 1.04 bits per heavy atom. The van der Waals surface area contributed by atoms with E-state index in [9.17, 15) is 9.59 Å². The van der Waals surface area contributed by atoms with E-state index in [0.29, 0.717) is 32.9 Å². The molecule has 2 heterocycles. The van der Waals surface area contributed by atoms with Gasteiger partial charge in [0, 0.05) is 11.1 Å². The lowest BCUT2D eigenvalue weighted by molar-refractivity contribution is 0.516. The molecule has 0 aliphatic rings. The predicted molar refractivity (Wildman–Crippen MR) is 105 cm³/mol. The van der Waals surface area contributed by atoms with E-state index >= 15 is 0 Å². The molecule has 0 spiro atoms. The van der Waals surface area contributed by atoms with Crippen LogP contribution in [-0.2, 0) is 0 Å². The van der Waals surface area contributed by atoms with Crippen molar-refractivity contribution in [3.05, 3.63) is 93.6 Å². The Kier molecular flexibility index (Phi) is 3.62. The van der Waals surface area contributed by atoms with E-state index in [-0.39, 0.29) is 11.8 Å². The molecule has 0 amide bonds. The van der Waals surface area contributed by atoms with Gasteiger partial charge in [-0.15, -0.1) is 0 Å². The highest BCUT2D eigenvalue weighted by Gasteiger charge is 2.12. The average molecular weight is 368 g/mol. The van der Waals surface area contributed by atoms with Crippen molar-refractivity contribution in [1.82, 2.24) is 9.97 Å². The molecule has 0 aliphatic heterocycles. The lowest BCUT2D eigenvalue weighted by Crippen LogP contribution is -2.03. The molecule has 0 fully saturated rings. The highest BCUT2D eigenvalue weighted by atomic mass is 16.4. The highest BCUT2D eigenvalue weighted by Crippen LogP contribution is 2.25. The summed E-state index contributed by atoms with van der Waals surface area (Å²) in [5, 5.41) is 0.842. The van der Waals surface area contributed by atoms with Crippen molar-refractivity contribution in [2.45, 2.75) is 0 Å². The lowest BCUT2D eigenvalue weighted by Gasteiger charge is -2.05. The zero-order valence-electron chi connectivity index (χ0n) is 14.5. The van der Waals surface area contributed by atoms with Crippen molar-refractivity contribution < 1.29 is 8.83 Å². The smallest absolute Gasteiger partial charge is 0.347 e.